The number of carbonyl (C=O) groups excluding carboxylic acids is 1. The highest BCUT2D eigenvalue weighted by Gasteiger charge is 2.47. The van der Waals surface area contributed by atoms with Crippen LogP contribution in [0.25, 0.3) is 0 Å². The molecule has 2 aliphatic rings. The molecule has 2 bridgehead atoms. The summed E-state index contributed by atoms with van der Waals surface area (Å²) in [6.45, 7) is 2.23. The summed E-state index contributed by atoms with van der Waals surface area (Å²) in [5.74, 6) is 0.535. The van der Waals surface area contributed by atoms with Crippen molar-refractivity contribution in [3.63, 3.8) is 0 Å². The molecule has 1 aromatic carbocycles. The van der Waals surface area contributed by atoms with E-state index in [1.807, 2.05) is 0 Å². The van der Waals surface area contributed by atoms with Gasteiger partial charge in [-0.25, -0.2) is 0 Å². The van der Waals surface area contributed by atoms with Gasteiger partial charge in [-0.1, -0.05) is 63.3 Å². The summed E-state index contributed by atoms with van der Waals surface area (Å²) >= 11 is 0. The fourth-order valence-electron chi connectivity index (χ4n) is 3.80. The molecule has 0 saturated carbocycles. The van der Waals surface area contributed by atoms with Crippen LogP contribution in [-0.2, 0) is 9.53 Å². The summed E-state index contributed by atoms with van der Waals surface area (Å²) in [5.41, 5.74) is 2.57. The topological polar surface area (TPSA) is 26.3 Å². The monoisotopic (exact) mass is 286 g/mol. The second kappa shape index (κ2) is 6.74. The van der Waals surface area contributed by atoms with Gasteiger partial charge < -0.3 is 4.74 Å². The first-order valence-corrected chi connectivity index (χ1v) is 8.58. The number of fused-ring (bicyclic) bond motifs is 5. The molecule has 0 N–H and O–H groups in total. The highest BCUT2D eigenvalue weighted by Crippen LogP contribution is 2.54. The van der Waals surface area contributed by atoms with Crippen molar-refractivity contribution in [2.24, 2.45) is 5.92 Å². The number of hydrogen-bond acceptors (Lipinski definition) is 2. The van der Waals surface area contributed by atoms with E-state index in [0.29, 0.717) is 5.78 Å². The van der Waals surface area contributed by atoms with Crippen LogP contribution in [0.3, 0.4) is 0 Å². The predicted octanol–water partition coefficient (Wildman–Crippen LogP) is 5.14. The second-order valence-electron chi connectivity index (χ2n) is 6.50. The van der Waals surface area contributed by atoms with Gasteiger partial charge in [0.05, 0.1) is 18.1 Å². The Balaban J connectivity index is 1.47. The number of ketones is 1. The number of hydrogen-bond donors (Lipinski definition) is 0. The molecule has 1 aromatic rings. The van der Waals surface area contributed by atoms with Gasteiger partial charge in [0.2, 0.25) is 0 Å². The minimum atomic E-state index is 0.0405. The third kappa shape index (κ3) is 3.06. The number of carbonyl (C=O) groups is 1. The van der Waals surface area contributed by atoms with Crippen molar-refractivity contribution in [1.29, 1.82) is 0 Å². The van der Waals surface area contributed by atoms with Gasteiger partial charge in [0, 0.05) is 6.42 Å². The average Bonchev–Trinajstić information content (AvgIpc) is 3.10. The maximum absolute atomic E-state index is 12.5. The Morgan fingerprint density at radius 1 is 1.10 bits per heavy atom. The van der Waals surface area contributed by atoms with Gasteiger partial charge in [-0.3, -0.25) is 4.79 Å². The Labute approximate surface area is 127 Å². The average molecular weight is 286 g/mol. The molecule has 3 atom stereocenters. The summed E-state index contributed by atoms with van der Waals surface area (Å²) < 4.78 is 6.02. The Morgan fingerprint density at radius 2 is 1.81 bits per heavy atom. The highest BCUT2D eigenvalue weighted by atomic mass is 16.5. The summed E-state index contributed by atoms with van der Waals surface area (Å²) in [6, 6.07) is 8.40. The van der Waals surface area contributed by atoms with Crippen molar-refractivity contribution in [2.45, 2.75) is 70.5 Å². The van der Waals surface area contributed by atoms with E-state index < -0.39 is 0 Å². The number of benzene rings is 1. The Morgan fingerprint density at radius 3 is 2.62 bits per heavy atom. The third-order valence-electron chi connectivity index (χ3n) is 4.98. The van der Waals surface area contributed by atoms with E-state index in [2.05, 4.69) is 31.2 Å². The molecule has 1 saturated heterocycles. The van der Waals surface area contributed by atoms with Crippen LogP contribution in [0.15, 0.2) is 24.3 Å². The van der Waals surface area contributed by atoms with E-state index in [0.717, 1.165) is 19.3 Å². The lowest BCUT2D eigenvalue weighted by molar-refractivity contribution is -0.124. The normalized spacial score (nSPS) is 26.0. The highest BCUT2D eigenvalue weighted by molar-refractivity contribution is 5.82. The molecular weight excluding hydrogens is 260 g/mol. The van der Waals surface area contributed by atoms with Crippen LogP contribution in [0.5, 0.6) is 0 Å². The van der Waals surface area contributed by atoms with E-state index >= 15 is 0 Å². The van der Waals surface area contributed by atoms with E-state index in [-0.39, 0.29) is 18.1 Å². The molecule has 0 unspecified atom stereocenters. The SMILES string of the molecule is CCCCCCCCC(=O)[C@H]1C[C@H]2O[C@@H]1c1ccccc12. The lowest BCUT2D eigenvalue weighted by atomic mass is 9.80. The minimum Gasteiger partial charge on any atom is -0.365 e. The minimum absolute atomic E-state index is 0.0405. The largest absolute Gasteiger partial charge is 0.365 e. The molecule has 0 spiro atoms. The Bertz CT molecular complexity index is 494. The molecule has 2 heteroatoms. The van der Waals surface area contributed by atoms with Gasteiger partial charge in [0.1, 0.15) is 5.78 Å². The predicted molar refractivity (Wildman–Crippen MR) is 84.1 cm³/mol. The van der Waals surface area contributed by atoms with Crippen LogP contribution >= 0.6 is 0 Å². The van der Waals surface area contributed by atoms with Crippen LogP contribution in [-0.4, -0.2) is 5.78 Å². The lowest BCUT2D eigenvalue weighted by Crippen LogP contribution is -2.20. The number of unbranched alkanes of at least 4 members (excludes halogenated alkanes) is 5. The molecule has 2 aliphatic heterocycles. The standard InChI is InChI=1S/C19H26O2/c1-2-3-4-5-6-7-12-17(20)16-13-18-14-10-8-9-11-15(14)19(16)21-18/h8-11,16,18-19H,2-7,12-13H2,1H3/t16-,18-,19-/m1/s1. The van der Waals surface area contributed by atoms with E-state index in [1.165, 1.54) is 43.2 Å². The molecule has 0 aliphatic carbocycles. The number of Topliss-reactive ketones (excluding diaryl/α,β-unsaturated/α-hetero) is 1. The number of rotatable bonds is 8. The molecule has 0 amide bonds. The van der Waals surface area contributed by atoms with Crippen LogP contribution in [0.2, 0.25) is 0 Å². The molecule has 0 aromatic heterocycles. The summed E-state index contributed by atoms with van der Waals surface area (Å²) in [7, 11) is 0. The molecule has 3 rings (SSSR count). The van der Waals surface area contributed by atoms with Gasteiger partial charge in [0.25, 0.3) is 0 Å². The van der Waals surface area contributed by atoms with E-state index in [1.54, 1.807) is 0 Å². The van der Waals surface area contributed by atoms with E-state index in [4.69, 9.17) is 4.74 Å². The first-order valence-electron chi connectivity index (χ1n) is 8.58. The maximum atomic E-state index is 12.5. The van der Waals surface area contributed by atoms with Gasteiger partial charge in [-0.15, -0.1) is 0 Å². The quantitative estimate of drug-likeness (QED) is 0.619. The summed E-state index contributed by atoms with van der Waals surface area (Å²) in [4.78, 5) is 12.5. The molecule has 0 radical (unpaired) electrons. The molecule has 1 fully saturated rings. The van der Waals surface area contributed by atoms with E-state index in [9.17, 15) is 4.79 Å². The van der Waals surface area contributed by atoms with Crippen molar-refractivity contribution in [3.05, 3.63) is 35.4 Å². The van der Waals surface area contributed by atoms with Crippen molar-refractivity contribution in [1.82, 2.24) is 0 Å². The Kier molecular flexibility index (Phi) is 4.74. The fraction of sp³-hybridized carbons (Fsp3) is 0.632. The van der Waals surface area contributed by atoms with Crippen LogP contribution < -0.4 is 0 Å². The van der Waals surface area contributed by atoms with Crippen molar-refractivity contribution < 1.29 is 9.53 Å². The van der Waals surface area contributed by atoms with Gasteiger partial charge in [-0.2, -0.15) is 0 Å². The van der Waals surface area contributed by atoms with Gasteiger partial charge in [0.15, 0.2) is 0 Å². The first-order chi connectivity index (χ1) is 10.3. The molecule has 21 heavy (non-hydrogen) atoms. The molecule has 2 nitrogen and oxygen atoms in total. The zero-order valence-electron chi connectivity index (χ0n) is 13.0. The summed E-state index contributed by atoms with van der Waals surface area (Å²) in [6.07, 6.45) is 9.30. The zero-order valence-corrected chi connectivity index (χ0v) is 13.0. The van der Waals surface area contributed by atoms with Gasteiger partial charge in [-0.05, 0) is 24.0 Å². The molecule has 2 heterocycles. The maximum Gasteiger partial charge on any atom is 0.139 e. The third-order valence-corrected chi connectivity index (χ3v) is 4.98. The Hall–Kier alpha value is -1.15. The van der Waals surface area contributed by atoms with Crippen LogP contribution in [0.4, 0.5) is 0 Å². The molecular formula is C19H26O2. The number of ether oxygens (including phenoxy) is 1. The van der Waals surface area contributed by atoms with Gasteiger partial charge >= 0.3 is 0 Å². The second-order valence-corrected chi connectivity index (χ2v) is 6.50. The fourth-order valence-corrected chi connectivity index (χ4v) is 3.80. The van der Waals surface area contributed by atoms with Crippen LogP contribution in [0.1, 0.15) is 81.6 Å². The first kappa shape index (κ1) is 14.8. The van der Waals surface area contributed by atoms with Crippen molar-refractivity contribution >= 4 is 5.78 Å². The van der Waals surface area contributed by atoms with Crippen LogP contribution in [0, 0.1) is 5.92 Å². The molecule has 114 valence electrons. The lowest BCUT2D eigenvalue weighted by Gasteiger charge is -2.20. The smallest absolute Gasteiger partial charge is 0.139 e. The van der Waals surface area contributed by atoms with Crippen molar-refractivity contribution in [3.8, 4) is 0 Å². The van der Waals surface area contributed by atoms with Crippen molar-refractivity contribution in [2.75, 3.05) is 0 Å². The zero-order chi connectivity index (χ0) is 14.7. The summed E-state index contributed by atoms with van der Waals surface area (Å²) in [5, 5.41) is 0.